The first-order chi connectivity index (χ1) is 9.13. The standard InChI is InChI=1S/C16H18BrNO/c1-11-5-4-6-12(9-11)14(10-18)16(19)13-7-2-3-8-15(13)17/h2-9,14,16,19H,10,18H2,1H3. The van der Waals surface area contributed by atoms with Crippen LogP contribution in [0, 0.1) is 6.92 Å². The topological polar surface area (TPSA) is 46.2 Å². The van der Waals surface area contributed by atoms with Gasteiger partial charge in [-0.25, -0.2) is 0 Å². The number of aliphatic hydroxyl groups excluding tert-OH is 1. The van der Waals surface area contributed by atoms with Crippen LogP contribution in [0.25, 0.3) is 0 Å². The molecule has 2 nitrogen and oxygen atoms in total. The fourth-order valence-electron chi connectivity index (χ4n) is 2.28. The lowest BCUT2D eigenvalue weighted by atomic mass is 9.88. The minimum atomic E-state index is -0.609. The van der Waals surface area contributed by atoms with Crippen molar-refractivity contribution in [1.82, 2.24) is 0 Å². The van der Waals surface area contributed by atoms with E-state index in [2.05, 4.69) is 22.0 Å². The highest BCUT2D eigenvalue weighted by Gasteiger charge is 2.23. The second-order valence-corrected chi connectivity index (χ2v) is 5.58. The van der Waals surface area contributed by atoms with Gasteiger partial charge in [-0.15, -0.1) is 0 Å². The van der Waals surface area contributed by atoms with Crippen LogP contribution in [0.1, 0.15) is 28.7 Å². The smallest absolute Gasteiger partial charge is 0.0881 e. The number of rotatable bonds is 4. The summed E-state index contributed by atoms with van der Waals surface area (Å²) in [7, 11) is 0. The highest BCUT2D eigenvalue weighted by molar-refractivity contribution is 9.10. The van der Waals surface area contributed by atoms with E-state index in [1.54, 1.807) is 0 Å². The molecular weight excluding hydrogens is 302 g/mol. The maximum Gasteiger partial charge on any atom is 0.0881 e. The summed E-state index contributed by atoms with van der Waals surface area (Å²) < 4.78 is 0.911. The van der Waals surface area contributed by atoms with Gasteiger partial charge >= 0.3 is 0 Å². The van der Waals surface area contributed by atoms with Crippen molar-refractivity contribution in [3.63, 3.8) is 0 Å². The second-order valence-electron chi connectivity index (χ2n) is 4.72. The zero-order chi connectivity index (χ0) is 13.8. The molecule has 3 heteroatoms. The molecule has 0 heterocycles. The molecule has 0 spiro atoms. The van der Waals surface area contributed by atoms with Crippen molar-refractivity contribution in [3.8, 4) is 0 Å². The molecule has 3 N–H and O–H groups in total. The van der Waals surface area contributed by atoms with E-state index in [1.807, 2.05) is 49.4 Å². The Morgan fingerprint density at radius 2 is 1.89 bits per heavy atom. The summed E-state index contributed by atoms with van der Waals surface area (Å²) >= 11 is 3.48. The normalized spacial score (nSPS) is 14.1. The molecule has 2 aromatic rings. The first kappa shape index (κ1) is 14.3. The maximum absolute atomic E-state index is 10.6. The summed E-state index contributed by atoms with van der Waals surface area (Å²) in [5.41, 5.74) is 8.99. The first-order valence-corrected chi connectivity index (χ1v) is 7.12. The fourth-order valence-corrected chi connectivity index (χ4v) is 2.80. The van der Waals surface area contributed by atoms with Gasteiger partial charge in [0.1, 0.15) is 0 Å². The van der Waals surface area contributed by atoms with Gasteiger partial charge in [-0.05, 0) is 24.1 Å². The van der Waals surface area contributed by atoms with Crippen LogP contribution in [-0.2, 0) is 0 Å². The Labute approximate surface area is 122 Å². The first-order valence-electron chi connectivity index (χ1n) is 6.32. The Hall–Kier alpha value is -1.16. The molecule has 2 aromatic carbocycles. The maximum atomic E-state index is 10.6. The molecule has 0 amide bonds. The van der Waals surface area contributed by atoms with E-state index >= 15 is 0 Å². The molecule has 2 atom stereocenters. The lowest BCUT2D eigenvalue weighted by Crippen LogP contribution is -2.20. The van der Waals surface area contributed by atoms with E-state index < -0.39 is 6.10 Å². The Balaban J connectivity index is 2.35. The summed E-state index contributed by atoms with van der Waals surface area (Å²) in [5.74, 6) is -0.0985. The predicted octanol–water partition coefficient (Wildman–Crippen LogP) is 3.53. The van der Waals surface area contributed by atoms with Gasteiger partial charge in [-0.1, -0.05) is 64.0 Å². The van der Waals surface area contributed by atoms with E-state index in [-0.39, 0.29) is 5.92 Å². The highest BCUT2D eigenvalue weighted by Crippen LogP contribution is 2.34. The summed E-state index contributed by atoms with van der Waals surface area (Å²) in [6.07, 6.45) is -0.609. The minimum absolute atomic E-state index is 0.0985. The van der Waals surface area contributed by atoms with E-state index in [1.165, 1.54) is 5.56 Å². The van der Waals surface area contributed by atoms with Crippen LogP contribution in [0.2, 0.25) is 0 Å². The summed E-state index contributed by atoms with van der Waals surface area (Å²) in [5, 5.41) is 10.6. The number of benzene rings is 2. The lowest BCUT2D eigenvalue weighted by Gasteiger charge is -2.23. The van der Waals surface area contributed by atoms with Crippen LogP contribution in [0.3, 0.4) is 0 Å². The Kier molecular flexibility index (Phi) is 4.75. The summed E-state index contributed by atoms with van der Waals surface area (Å²) in [6, 6.07) is 15.9. The van der Waals surface area contributed by atoms with E-state index in [9.17, 15) is 5.11 Å². The largest absolute Gasteiger partial charge is 0.388 e. The molecule has 0 bridgehead atoms. The summed E-state index contributed by atoms with van der Waals surface area (Å²) in [6.45, 7) is 2.45. The predicted molar refractivity (Wildman–Crippen MR) is 82.1 cm³/mol. The third-order valence-electron chi connectivity index (χ3n) is 3.33. The van der Waals surface area contributed by atoms with Gasteiger partial charge < -0.3 is 10.8 Å². The van der Waals surface area contributed by atoms with Crippen molar-refractivity contribution in [2.75, 3.05) is 6.54 Å². The average molecular weight is 320 g/mol. The number of halogens is 1. The lowest BCUT2D eigenvalue weighted by molar-refractivity contribution is 0.146. The number of hydrogen-bond acceptors (Lipinski definition) is 2. The SMILES string of the molecule is Cc1cccc(C(CN)C(O)c2ccccc2Br)c1. The van der Waals surface area contributed by atoms with E-state index in [0.29, 0.717) is 6.54 Å². The van der Waals surface area contributed by atoms with Crippen molar-refractivity contribution in [1.29, 1.82) is 0 Å². The average Bonchev–Trinajstić information content (AvgIpc) is 2.40. The monoisotopic (exact) mass is 319 g/mol. The molecule has 0 aliphatic rings. The fraction of sp³-hybridized carbons (Fsp3) is 0.250. The van der Waals surface area contributed by atoms with Crippen LogP contribution in [0.4, 0.5) is 0 Å². The molecule has 0 saturated carbocycles. The van der Waals surface area contributed by atoms with E-state index in [0.717, 1.165) is 15.6 Å². The third kappa shape index (κ3) is 3.24. The molecular formula is C16H18BrNO. The molecule has 0 aliphatic heterocycles. The molecule has 0 radical (unpaired) electrons. The van der Waals surface area contributed by atoms with Crippen LogP contribution in [-0.4, -0.2) is 11.7 Å². The van der Waals surface area contributed by atoms with Crippen LogP contribution < -0.4 is 5.73 Å². The summed E-state index contributed by atoms with van der Waals surface area (Å²) in [4.78, 5) is 0. The van der Waals surface area contributed by atoms with Gasteiger partial charge in [0.05, 0.1) is 6.10 Å². The zero-order valence-electron chi connectivity index (χ0n) is 10.9. The van der Waals surface area contributed by atoms with Crippen molar-refractivity contribution in [2.45, 2.75) is 18.9 Å². The second kappa shape index (κ2) is 6.33. The number of hydrogen-bond donors (Lipinski definition) is 2. The molecule has 100 valence electrons. The van der Waals surface area contributed by atoms with Gasteiger partial charge in [0, 0.05) is 16.9 Å². The molecule has 0 saturated heterocycles. The van der Waals surface area contributed by atoms with Gasteiger partial charge in [-0.2, -0.15) is 0 Å². The van der Waals surface area contributed by atoms with Crippen LogP contribution >= 0.6 is 15.9 Å². The Bertz CT molecular complexity index is 556. The van der Waals surface area contributed by atoms with E-state index in [4.69, 9.17) is 5.73 Å². The number of nitrogens with two attached hydrogens (primary N) is 1. The Morgan fingerprint density at radius 3 is 2.53 bits per heavy atom. The molecule has 2 rings (SSSR count). The van der Waals surface area contributed by atoms with Gasteiger partial charge in [-0.3, -0.25) is 0 Å². The number of aryl methyl sites for hydroxylation is 1. The third-order valence-corrected chi connectivity index (χ3v) is 4.05. The van der Waals surface area contributed by atoms with Crippen LogP contribution in [0.5, 0.6) is 0 Å². The molecule has 0 aliphatic carbocycles. The quantitative estimate of drug-likeness (QED) is 0.905. The molecule has 2 unspecified atom stereocenters. The Morgan fingerprint density at radius 1 is 1.16 bits per heavy atom. The minimum Gasteiger partial charge on any atom is -0.388 e. The van der Waals surface area contributed by atoms with Crippen molar-refractivity contribution in [2.24, 2.45) is 5.73 Å². The van der Waals surface area contributed by atoms with Gasteiger partial charge in [0.2, 0.25) is 0 Å². The highest BCUT2D eigenvalue weighted by atomic mass is 79.9. The van der Waals surface area contributed by atoms with Crippen molar-refractivity contribution >= 4 is 15.9 Å². The van der Waals surface area contributed by atoms with Gasteiger partial charge in [0.15, 0.2) is 0 Å². The molecule has 0 aromatic heterocycles. The van der Waals surface area contributed by atoms with Crippen molar-refractivity contribution < 1.29 is 5.11 Å². The van der Waals surface area contributed by atoms with Crippen molar-refractivity contribution in [3.05, 3.63) is 69.7 Å². The van der Waals surface area contributed by atoms with Crippen LogP contribution in [0.15, 0.2) is 53.0 Å². The molecule has 19 heavy (non-hydrogen) atoms. The number of aliphatic hydroxyl groups is 1. The zero-order valence-corrected chi connectivity index (χ0v) is 12.5. The van der Waals surface area contributed by atoms with Gasteiger partial charge in [0.25, 0.3) is 0 Å². The molecule has 0 fully saturated rings.